The molecule has 1 atom stereocenters. The van der Waals surface area contributed by atoms with Crippen LogP contribution >= 0.6 is 15.9 Å². The van der Waals surface area contributed by atoms with Crippen LogP contribution in [0, 0.1) is 0 Å². The van der Waals surface area contributed by atoms with Crippen molar-refractivity contribution in [1.82, 2.24) is 4.90 Å². The molecule has 1 unspecified atom stereocenters. The fourth-order valence-corrected chi connectivity index (χ4v) is 3.65. The van der Waals surface area contributed by atoms with Crippen LogP contribution in [0.2, 0.25) is 0 Å². The topological polar surface area (TPSA) is 43.7 Å². The molecule has 1 aliphatic rings. The van der Waals surface area contributed by atoms with Gasteiger partial charge in [0.1, 0.15) is 0 Å². The molecule has 1 heterocycles. The van der Waals surface area contributed by atoms with E-state index in [0.29, 0.717) is 4.47 Å². The lowest BCUT2D eigenvalue weighted by atomic mass is 9.87. The first-order valence-corrected chi connectivity index (χ1v) is 7.84. The van der Waals surface area contributed by atoms with Gasteiger partial charge in [0, 0.05) is 19.0 Å². The predicted molar refractivity (Wildman–Crippen MR) is 87.0 cm³/mol. The molecule has 0 aliphatic carbocycles. The number of benzene rings is 2. The van der Waals surface area contributed by atoms with Gasteiger partial charge in [0.15, 0.2) is 11.5 Å². The maximum Gasteiger partial charge on any atom is 0.172 e. The number of rotatable bonds is 1. The van der Waals surface area contributed by atoms with Crippen LogP contribution in [0.3, 0.4) is 0 Å². The summed E-state index contributed by atoms with van der Waals surface area (Å²) in [4.78, 5) is 2.29. The second-order valence-corrected chi connectivity index (χ2v) is 6.39. The Kier molecular flexibility index (Phi) is 3.91. The summed E-state index contributed by atoms with van der Waals surface area (Å²) < 4.78 is 0.619. The van der Waals surface area contributed by atoms with Crippen LogP contribution in [0.4, 0.5) is 0 Å². The van der Waals surface area contributed by atoms with Crippen molar-refractivity contribution in [2.45, 2.75) is 12.3 Å². The third-order valence-corrected chi connectivity index (χ3v) is 5.03. The van der Waals surface area contributed by atoms with Crippen molar-refractivity contribution in [2.24, 2.45) is 0 Å². The lowest BCUT2D eigenvalue weighted by molar-refractivity contribution is 0.338. The molecule has 0 radical (unpaired) electrons. The summed E-state index contributed by atoms with van der Waals surface area (Å²) in [6.45, 7) is 1.83. The first-order valence-electron chi connectivity index (χ1n) is 7.04. The van der Waals surface area contributed by atoms with E-state index in [1.807, 2.05) is 18.2 Å². The van der Waals surface area contributed by atoms with Gasteiger partial charge >= 0.3 is 0 Å². The van der Waals surface area contributed by atoms with E-state index < -0.39 is 0 Å². The molecule has 0 aromatic heterocycles. The van der Waals surface area contributed by atoms with Crippen molar-refractivity contribution in [2.75, 3.05) is 20.1 Å². The molecule has 2 N–H and O–H groups in total. The Morgan fingerprint density at radius 3 is 2.62 bits per heavy atom. The summed E-state index contributed by atoms with van der Waals surface area (Å²) in [6, 6.07) is 12.0. The van der Waals surface area contributed by atoms with Crippen LogP contribution in [-0.4, -0.2) is 35.3 Å². The Balaban J connectivity index is 2.18. The average Bonchev–Trinajstić information content (AvgIpc) is 2.65. The Morgan fingerprint density at radius 1 is 1.19 bits per heavy atom. The van der Waals surface area contributed by atoms with E-state index in [4.69, 9.17) is 0 Å². The van der Waals surface area contributed by atoms with Gasteiger partial charge < -0.3 is 15.1 Å². The van der Waals surface area contributed by atoms with E-state index in [1.165, 1.54) is 5.56 Å². The first kappa shape index (κ1) is 14.4. The van der Waals surface area contributed by atoms with Gasteiger partial charge in [-0.3, -0.25) is 0 Å². The Labute approximate surface area is 133 Å². The van der Waals surface area contributed by atoms with Crippen molar-refractivity contribution >= 4 is 15.9 Å². The molecule has 4 heteroatoms. The van der Waals surface area contributed by atoms with Crippen molar-refractivity contribution in [1.29, 1.82) is 0 Å². The van der Waals surface area contributed by atoms with Crippen LogP contribution in [0.25, 0.3) is 0 Å². The molecule has 2 aromatic rings. The molecule has 0 amide bonds. The third-order valence-electron chi connectivity index (χ3n) is 4.17. The normalized spacial score (nSPS) is 19.0. The second kappa shape index (κ2) is 5.70. The number of halogens is 1. The molecule has 1 aliphatic heterocycles. The molecule has 0 saturated heterocycles. The van der Waals surface area contributed by atoms with Gasteiger partial charge in [-0.05, 0) is 52.2 Å². The van der Waals surface area contributed by atoms with Crippen molar-refractivity contribution < 1.29 is 10.2 Å². The van der Waals surface area contributed by atoms with E-state index in [-0.39, 0.29) is 17.4 Å². The van der Waals surface area contributed by atoms with Gasteiger partial charge in [0.2, 0.25) is 0 Å². The summed E-state index contributed by atoms with van der Waals surface area (Å²) in [5.74, 6) is 0.0627. The predicted octanol–water partition coefficient (Wildman–Crippen LogP) is 3.48. The fourth-order valence-electron chi connectivity index (χ4n) is 3.02. The summed E-state index contributed by atoms with van der Waals surface area (Å²) in [5.41, 5.74) is 3.40. The number of aromatic hydroxyl groups is 2. The molecular weight excluding hydrogens is 330 g/mol. The lowest BCUT2D eigenvalue weighted by Gasteiger charge is -2.22. The molecule has 0 fully saturated rings. The van der Waals surface area contributed by atoms with Gasteiger partial charge in [-0.1, -0.05) is 30.3 Å². The number of phenols is 2. The number of likely N-dealkylation sites (N-methyl/N-ethyl adjacent to an activating group) is 1. The smallest absolute Gasteiger partial charge is 0.172 e. The maximum absolute atomic E-state index is 9.98. The highest BCUT2D eigenvalue weighted by molar-refractivity contribution is 9.10. The third kappa shape index (κ3) is 2.65. The first-order chi connectivity index (χ1) is 10.1. The van der Waals surface area contributed by atoms with E-state index in [0.717, 1.165) is 30.6 Å². The molecule has 2 aromatic carbocycles. The molecular formula is C17H18BrNO2. The number of phenolic OH excluding ortho intramolecular Hbond substituents is 2. The molecule has 0 saturated carbocycles. The fraction of sp³-hybridized carbons (Fsp3) is 0.294. The van der Waals surface area contributed by atoms with E-state index in [1.54, 1.807) is 6.07 Å². The minimum Gasteiger partial charge on any atom is -0.504 e. The van der Waals surface area contributed by atoms with Crippen LogP contribution in [-0.2, 0) is 6.42 Å². The molecule has 21 heavy (non-hydrogen) atoms. The monoisotopic (exact) mass is 347 g/mol. The standard InChI is InChI=1S/C17H18BrNO2/c1-19-8-7-12-13(9-15(20)17(21)16(12)18)14(10-19)11-5-3-2-4-6-11/h2-6,9,14,20-21H,7-8,10H2,1H3. The Hall–Kier alpha value is -1.52. The van der Waals surface area contributed by atoms with Gasteiger partial charge in [-0.15, -0.1) is 0 Å². The van der Waals surface area contributed by atoms with Crippen LogP contribution in [0.15, 0.2) is 40.9 Å². The average molecular weight is 348 g/mol. The van der Waals surface area contributed by atoms with Crippen molar-refractivity contribution in [3.63, 3.8) is 0 Å². The number of hydrogen-bond acceptors (Lipinski definition) is 3. The SMILES string of the molecule is CN1CCc2c(cc(O)c(O)c2Br)C(c2ccccc2)C1. The number of fused-ring (bicyclic) bond motifs is 1. The minimum atomic E-state index is -0.0647. The summed E-state index contributed by atoms with van der Waals surface area (Å²) in [6.07, 6.45) is 0.851. The molecule has 110 valence electrons. The van der Waals surface area contributed by atoms with E-state index in [2.05, 4.69) is 40.0 Å². The van der Waals surface area contributed by atoms with Crippen LogP contribution in [0.1, 0.15) is 22.6 Å². The zero-order valence-electron chi connectivity index (χ0n) is 11.9. The number of hydrogen-bond donors (Lipinski definition) is 2. The van der Waals surface area contributed by atoms with Crippen molar-refractivity contribution in [3.05, 3.63) is 57.6 Å². The van der Waals surface area contributed by atoms with Gasteiger partial charge in [-0.2, -0.15) is 0 Å². The highest BCUT2D eigenvalue weighted by atomic mass is 79.9. The zero-order chi connectivity index (χ0) is 15.0. The summed E-state index contributed by atoms with van der Waals surface area (Å²) in [5, 5.41) is 20.0. The summed E-state index contributed by atoms with van der Waals surface area (Å²) in [7, 11) is 2.11. The van der Waals surface area contributed by atoms with Gasteiger partial charge in [0.05, 0.1) is 4.47 Å². The lowest BCUT2D eigenvalue weighted by Crippen LogP contribution is -2.24. The van der Waals surface area contributed by atoms with E-state index >= 15 is 0 Å². The van der Waals surface area contributed by atoms with E-state index in [9.17, 15) is 10.2 Å². The maximum atomic E-state index is 9.98. The van der Waals surface area contributed by atoms with Gasteiger partial charge in [-0.25, -0.2) is 0 Å². The quantitative estimate of drug-likeness (QED) is 0.776. The van der Waals surface area contributed by atoms with Crippen LogP contribution in [0.5, 0.6) is 11.5 Å². The molecule has 3 rings (SSSR count). The van der Waals surface area contributed by atoms with Crippen molar-refractivity contribution in [3.8, 4) is 11.5 Å². The Morgan fingerprint density at radius 2 is 1.90 bits per heavy atom. The van der Waals surface area contributed by atoms with Gasteiger partial charge in [0.25, 0.3) is 0 Å². The summed E-state index contributed by atoms with van der Waals surface area (Å²) >= 11 is 3.44. The largest absolute Gasteiger partial charge is 0.504 e. The minimum absolute atomic E-state index is 0.0638. The second-order valence-electron chi connectivity index (χ2n) is 5.60. The Bertz CT molecular complexity index is 658. The highest BCUT2D eigenvalue weighted by Crippen LogP contribution is 2.43. The highest BCUT2D eigenvalue weighted by Gasteiger charge is 2.26. The molecule has 0 spiro atoms. The zero-order valence-corrected chi connectivity index (χ0v) is 13.5. The number of nitrogens with zero attached hydrogens (tertiary/aromatic N) is 1. The van der Waals surface area contributed by atoms with Crippen LogP contribution < -0.4 is 0 Å². The molecule has 3 nitrogen and oxygen atoms in total. The molecule has 0 bridgehead atoms.